The molecule has 2 N–H and O–H groups in total. The summed E-state index contributed by atoms with van der Waals surface area (Å²) in [6.07, 6.45) is 1.69. The Bertz CT molecular complexity index is 425. The first-order valence-electron chi connectivity index (χ1n) is 7.54. The van der Waals surface area contributed by atoms with Gasteiger partial charge < -0.3 is 10.1 Å². The Morgan fingerprint density at radius 3 is 2.71 bits per heavy atom. The minimum Gasteiger partial charge on any atom is -0.449 e. The van der Waals surface area contributed by atoms with Crippen molar-refractivity contribution >= 4 is 16.3 Å². The summed E-state index contributed by atoms with van der Waals surface area (Å²) in [6, 6.07) is -0.121. The second-order valence-electron chi connectivity index (χ2n) is 5.64. The van der Waals surface area contributed by atoms with E-state index in [0.717, 1.165) is 25.8 Å². The van der Waals surface area contributed by atoms with E-state index in [0.29, 0.717) is 19.0 Å². The third-order valence-electron chi connectivity index (χ3n) is 3.30. The zero-order chi connectivity index (χ0) is 15.9. The maximum Gasteiger partial charge on any atom is 0.421 e. The number of carbonyl (C=O) groups is 1. The summed E-state index contributed by atoms with van der Waals surface area (Å²) >= 11 is 0. The van der Waals surface area contributed by atoms with E-state index in [9.17, 15) is 13.2 Å². The summed E-state index contributed by atoms with van der Waals surface area (Å²) in [6.45, 7) is 7.85. The lowest BCUT2D eigenvalue weighted by molar-refractivity contribution is 0.157. The van der Waals surface area contributed by atoms with Crippen LogP contribution in [0.15, 0.2) is 0 Å². The molecule has 0 saturated carbocycles. The first kappa shape index (κ1) is 18.2. The number of hydrogen-bond donors (Lipinski definition) is 2. The van der Waals surface area contributed by atoms with Gasteiger partial charge in [-0.2, -0.15) is 12.7 Å². The Balaban J connectivity index is 2.64. The summed E-state index contributed by atoms with van der Waals surface area (Å²) in [7, 11) is -3.84. The van der Waals surface area contributed by atoms with E-state index in [1.54, 1.807) is 6.92 Å². The van der Waals surface area contributed by atoms with E-state index in [2.05, 4.69) is 23.9 Å². The zero-order valence-electron chi connectivity index (χ0n) is 13.1. The van der Waals surface area contributed by atoms with E-state index < -0.39 is 16.3 Å². The average Bonchev–Trinajstić information content (AvgIpc) is 2.38. The third-order valence-corrected chi connectivity index (χ3v) is 4.82. The summed E-state index contributed by atoms with van der Waals surface area (Å²) in [5.41, 5.74) is 0. The topological polar surface area (TPSA) is 87.7 Å². The van der Waals surface area contributed by atoms with E-state index in [1.807, 2.05) is 4.72 Å². The number of rotatable bonds is 7. The van der Waals surface area contributed by atoms with Gasteiger partial charge >= 0.3 is 16.3 Å². The van der Waals surface area contributed by atoms with Crippen LogP contribution in [0, 0.1) is 5.92 Å². The standard InChI is InChI=1S/C13H27N3O4S/c1-4-20-13(17)15-21(18,19)16-8-6-5-7-12(16)10-14-9-11(2)3/h11-12,14H,4-10H2,1-3H3,(H,15,17). The van der Waals surface area contributed by atoms with Crippen molar-refractivity contribution in [2.75, 3.05) is 26.2 Å². The summed E-state index contributed by atoms with van der Waals surface area (Å²) < 4.78 is 32.5. The van der Waals surface area contributed by atoms with Gasteiger partial charge in [-0.05, 0) is 32.2 Å². The molecule has 124 valence electrons. The van der Waals surface area contributed by atoms with Crippen molar-refractivity contribution in [3.63, 3.8) is 0 Å². The van der Waals surface area contributed by atoms with E-state index in [1.165, 1.54) is 4.31 Å². The fourth-order valence-electron chi connectivity index (χ4n) is 2.36. The molecule has 0 radical (unpaired) electrons. The second kappa shape index (κ2) is 8.55. The molecule has 1 heterocycles. The van der Waals surface area contributed by atoms with Gasteiger partial charge in [0, 0.05) is 19.1 Å². The van der Waals surface area contributed by atoms with Crippen molar-refractivity contribution < 1.29 is 17.9 Å². The number of nitrogens with one attached hydrogen (secondary N) is 2. The van der Waals surface area contributed by atoms with Crippen molar-refractivity contribution in [1.29, 1.82) is 0 Å². The van der Waals surface area contributed by atoms with Crippen molar-refractivity contribution in [3.8, 4) is 0 Å². The first-order chi connectivity index (χ1) is 9.86. The number of ether oxygens (including phenoxy) is 1. The molecule has 1 saturated heterocycles. The highest BCUT2D eigenvalue weighted by atomic mass is 32.2. The van der Waals surface area contributed by atoms with Crippen molar-refractivity contribution in [2.24, 2.45) is 5.92 Å². The molecular weight excluding hydrogens is 294 g/mol. The molecule has 0 aromatic heterocycles. The molecule has 21 heavy (non-hydrogen) atoms. The fourth-order valence-corrected chi connectivity index (χ4v) is 3.69. The van der Waals surface area contributed by atoms with Gasteiger partial charge in [-0.1, -0.05) is 20.3 Å². The number of piperidine rings is 1. The van der Waals surface area contributed by atoms with Gasteiger partial charge in [0.05, 0.1) is 6.61 Å². The van der Waals surface area contributed by atoms with Crippen molar-refractivity contribution in [3.05, 3.63) is 0 Å². The Morgan fingerprint density at radius 1 is 1.38 bits per heavy atom. The van der Waals surface area contributed by atoms with Gasteiger partial charge in [-0.25, -0.2) is 9.52 Å². The minimum atomic E-state index is -3.84. The lowest BCUT2D eigenvalue weighted by Gasteiger charge is -2.34. The predicted molar refractivity (Wildman–Crippen MR) is 81.1 cm³/mol. The molecule has 1 aliphatic heterocycles. The zero-order valence-corrected chi connectivity index (χ0v) is 13.9. The smallest absolute Gasteiger partial charge is 0.421 e. The molecule has 1 atom stereocenters. The predicted octanol–water partition coefficient (Wildman–Crippen LogP) is 1.08. The molecule has 0 aliphatic carbocycles. The monoisotopic (exact) mass is 321 g/mol. The molecule has 0 bridgehead atoms. The molecular formula is C13H27N3O4S. The maximum atomic E-state index is 12.3. The van der Waals surface area contributed by atoms with E-state index in [4.69, 9.17) is 0 Å². The molecule has 1 amide bonds. The van der Waals surface area contributed by atoms with E-state index >= 15 is 0 Å². The quantitative estimate of drug-likeness (QED) is 0.732. The molecule has 0 spiro atoms. The highest BCUT2D eigenvalue weighted by molar-refractivity contribution is 7.87. The van der Waals surface area contributed by atoms with Crippen LogP contribution in [0.25, 0.3) is 0 Å². The molecule has 1 unspecified atom stereocenters. The summed E-state index contributed by atoms with van der Waals surface area (Å²) in [4.78, 5) is 11.4. The molecule has 1 rings (SSSR count). The lowest BCUT2D eigenvalue weighted by Crippen LogP contribution is -2.53. The number of carbonyl (C=O) groups excluding carboxylic acids is 1. The van der Waals surface area contributed by atoms with Crippen LogP contribution in [0.1, 0.15) is 40.0 Å². The SMILES string of the molecule is CCOC(=O)NS(=O)(=O)N1CCCCC1CNCC(C)C. The largest absolute Gasteiger partial charge is 0.449 e. The Labute approximate surface area is 127 Å². The maximum absolute atomic E-state index is 12.3. The molecule has 7 nitrogen and oxygen atoms in total. The summed E-state index contributed by atoms with van der Waals surface area (Å²) in [5, 5.41) is 3.29. The van der Waals surface area contributed by atoms with Crippen LogP contribution in [-0.4, -0.2) is 51.1 Å². The molecule has 1 aliphatic rings. The van der Waals surface area contributed by atoms with Gasteiger partial charge in [0.1, 0.15) is 0 Å². The Hall–Kier alpha value is -0.860. The van der Waals surface area contributed by atoms with Crippen LogP contribution >= 0.6 is 0 Å². The lowest BCUT2D eigenvalue weighted by atomic mass is 10.0. The summed E-state index contributed by atoms with van der Waals surface area (Å²) in [5.74, 6) is 0.510. The van der Waals surface area contributed by atoms with Gasteiger partial charge in [-0.3, -0.25) is 0 Å². The van der Waals surface area contributed by atoms with Gasteiger partial charge in [0.15, 0.2) is 0 Å². The Kier molecular flexibility index (Phi) is 7.41. The van der Waals surface area contributed by atoms with Crippen LogP contribution in [-0.2, 0) is 14.9 Å². The number of nitrogens with zero attached hydrogens (tertiary/aromatic N) is 1. The molecule has 0 aromatic carbocycles. The first-order valence-corrected chi connectivity index (χ1v) is 8.98. The minimum absolute atomic E-state index is 0.121. The van der Waals surface area contributed by atoms with E-state index in [-0.39, 0.29) is 12.6 Å². The Morgan fingerprint density at radius 2 is 2.10 bits per heavy atom. The normalized spacial score (nSPS) is 20.5. The average molecular weight is 321 g/mol. The van der Waals surface area contributed by atoms with Gasteiger partial charge in [-0.15, -0.1) is 0 Å². The van der Waals surface area contributed by atoms with Gasteiger partial charge in [0.25, 0.3) is 0 Å². The molecule has 8 heteroatoms. The van der Waals surface area contributed by atoms with Crippen LogP contribution in [0.3, 0.4) is 0 Å². The third kappa shape index (κ3) is 6.19. The highest BCUT2D eigenvalue weighted by Crippen LogP contribution is 2.19. The van der Waals surface area contributed by atoms with Crippen LogP contribution in [0.4, 0.5) is 4.79 Å². The van der Waals surface area contributed by atoms with Gasteiger partial charge in [0.2, 0.25) is 0 Å². The highest BCUT2D eigenvalue weighted by Gasteiger charge is 2.33. The fraction of sp³-hybridized carbons (Fsp3) is 0.923. The molecule has 1 fully saturated rings. The van der Waals surface area contributed by atoms with Crippen LogP contribution in [0.5, 0.6) is 0 Å². The number of amides is 1. The van der Waals surface area contributed by atoms with Crippen molar-refractivity contribution in [2.45, 2.75) is 46.1 Å². The van der Waals surface area contributed by atoms with Crippen molar-refractivity contribution in [1.82, 2.24) is 14.3 Å². The van der Waals surface area contributed by atoms with Crippen LogP contribution in [0.2, 0.25) is 0 Å². The second-order valence-corrected chi connectivity index (χ2v) is 7.26. The van der Waals surface area contributed by atoms with Crippen LogP contribution < -0.4 is 10.0 Å². The number of hydrogen-bond acceptors (Lipinski definition) is 5. The molecule has 0 aromatic rings.